The summed E-state index contributed by atoms with van der Waals surface area (Å²) >= 11 is 1.50. The minimum atomic E-state index is -0.564. The highest BCUT2D eigenvalue weighted by Crippen LogP contribution is 2.40. The minimum absolute atomic E-state index is 0.0233. The van der Waals surface area contributed by atoms with Crippen molar-refractivity contribution in [2.75, 3.05) is 76.2 Å². The molecule has 3 aliphatic heterocycles. The Kier molecular flexibility index (Phi) is 13.4. The molecule has 0 spiro atoms. The van der Waals surface area contributed by atoms with Crippen molar-refractivity contribution in [3.8, 4) is 5.75 Å². The zero-order chi connectivity index (χ0) is 36.3. The van der Waals surface area contributed by atoms with Crippen molar-refractivity contribution in [1.82, 2.24) is 15.6 Å². The molecular formula is C36H44FN5O9S. The number of morpholine rings is 1. The van der Waals surface area contributed by atoms with Gasteiger partial charge in [-0.05, 0) is 55.5 Å². The lowest BCUT2D eigenvalue weighted by molar-refractivity contribution is -0.134. The number of piperidine rings is 2. The lowest BCUT2D eigenvalue weighted by atomic mass is 9.90. The first-order valence-electron chi connectivity index (χ1n) is 17.7. The summed E-state index contributed by atoms with van der Waals surface area (Å²) in [4.78, 5) is 55.1. The predicted octanol–water partition coefficient (Wildman–Crippen LogP) is 3.29. The summed E-state index contributed by atoms with van der Waals surface area (Å²) in [5, 5.41) is 8.68. The van der Waals surface area contributed by atoms with Gasteiger partial charge in [0.15, 0.2) is 23.3 Å². The van der Waals surface area contributed by atoms with Gasteiger partial charge in [0.1, 0.15) is 5.52 Å². The van der Waals surface area contributed by atoms with Crippen LogP contribution in [0.3, 0.4) is 0 Å². The van der Waals surface area contributed by atoms with E-state index in [1.807, 2.05) is 0 Å². The standard InChI is InChI=1S/C36H44FN5O9S/c37-28-9-10-29-33(41-36(52-29)42-25-2-1-3-26(42)21-50-20-25)34(28)51-22-32(45)38-13-15-48-17-19-49-18-16-47-14-12-31(44)39-24-6-4-23(5-7-24)27-8-11-30(43)40-35(27)46/h4-7,9-10,25-27H,1-3,8,11-22H2,(H,38,45)(H,39,44)(H,40,43,46). The van der Waals surface area contributed by atoms with Crippen molar-refractivity contribution >= 4 is 56.0 Å². The van der Waals surface area contributed by atoms with E-state index in [2.05, 4.69) is 20.9 Å². The number of ether oxygens (including phenoxy) is 5. The number of nitrogens with zero attached hydrogens (tertiary/aromatic N) is 2. The van der Waals surface area contributed by atoms with Crippen LogP contribution in [-0.4, -0.2) is 107 Å². The number of nitrogens with one attached hydrogen (secondary N) is 3. The van der Waals surface area contributed by atoms with E-state index in [-0.39, 0.29) is 74.3 Å². The molecule has 52 heavy (non-hydrogen) atoms. The molecule has 3 aromatic rings. The number of imide groups is 1. The van der Waals surface area contributed by atoms with Gasteiger partial charge in [0.05, 0.1) is 82.0 Å². The highest BCUT2D eigenvalue weighted by atomic mass is 32.1. The fourth-order valence-electron chi connectivity index (χ4n) is 6.52. The van der Waals surface area contributed by atoms with Gasteiger partial charge in [-0.25, -0.2) is 9.37 Å². The number of carbonyl (C=O) groups is 4. The summed E-state index contributed by atoms with van der Waals surface area (Å²) in [5.74, 6) is -2.12. The van der Waals surface area contributed by atoms with Crippen molar-refractivity contribution in [3.05, 3.63) is 47.8 Å². The second-order valence-corrected chi connectivity index (χ2v) is 13.8. The number of hydrogen-bond donors (Lipinski definition) is 3. The van der Waals surface area contributed by atoms with Crippen LogP contribution < -0.4 is 25.6 Å². The van der Waals surface area contributed by atoms with E-state index < -0.39 is 11.7 Å². The molecule has 3 aliphatic rings. The molecule has 3 N–H and O–H groups in total. The molecule has 4 heterocycles. The number of hydrogen-bond acceptors (Lipinski definition) is 12. The molecule has 16 heteroatoms. The quantitative estimate of drug-likeness (QED) is 0.129. The summed E-state index contributed by atoms with van der Waals surface area (Å²) in [6.07, 6.45) is 4.18. The largest absolute Gasteiger partial charge is 0.478 e. The normalized spacial score (nSPS) is 20.1. The number of halogens is 1. The zero-order valence-electron chi connectivity index (χ0n) is 28.9. The van der Waals surface area contributed by atoms with Crippen LogP contribution in [0, 0.1) is 5.82 Å². The molecule has 4 amide bonds. The molecular weight excluding hydrogens is 697 g/mol. The molecule has 3 atom stereocenters. The van der Waals surface area contributed by atoms with Gasteiger partial charge >= 0.3 is 0 Å². The number of anilines is 2. The number of benzene rings is 2. The first kappa shape index (κ1) is 37.5. The van der Waals surface area contributed by atoms with Crippen molar-refractivity contribution < 1.29 is 47.3 Å². The number of thiazole rings is 1. The van der Waals surface area contributed by atoms with Crippen molar-refractivity contribution in [2.45, 2.75) is 56.5 Å². The fraction of sp³-hybridized carbons (Fsp3) is 0.528. The second-order valence-electron chi connectivity index (χ2n) is 12.8. The Balaban J connectivity index is 0.782. The van der Waals surface area contributed by atoms with Gasteiger partial charge in [-0.2, -0.15) is 0 Å². The topological polar surface area (TPSA) is 167 Å². The zero-order valence-corrected chi connectivity index (χ0v) is 29.7. The Morgan fingerprint density at radius 2 is 1.63 bits per heavy atom. The van der Waals surface area contributed by atoms with Crippen LogP contribution in [0.5, 0.6) is 5.75 Å². The Morgan fingerprint density at radius 1 is 0.923 bits per heavy atom. The Labute approximate surface area is 304 Å². The number of amides is 4. The van der Waals surface area contributed by atoms with Gasteiger partial charge in [0.25, 0.3) is 5.91 Å². The molecule has 3 unspecified atom stereocenters. The van der Waals surface area contributed by atoms with Gasteiger partial charge in [0.2, 0.25) is 17.7 Å². The van der Waals surface area contributed by atoms with E-state index in [0.717, 1.165) is 34.7 Å². The van der Waals surface area contributed by atoms with Crippen LogP contribution in [0.15, 0.2) is 36.4 Å². The van der Waals surface area contributed by atoms with Gasteiger partial charge in [0, 0.05) is 18.7 Å². The maximum Gasteiger partial charge on any atom is 0.258 e. The van der Waals surface area contributed by atoms with E-state index in [1.54, 1.807) is 30.3 Å². The van der Waals surface area contributed by atoms with E-state index in [9.17, 15) is 23.6 Å². The van der Waals surface area contributed by atoms with Crippen LogP contribution in [-0.2, 0) is 38.1 Å². The maximum atomic E-state index is 14.8. The first-order chi connectivity index (χ1) is 25.4. The SMILES string of the molecule is O=C(COc1c(F)ccc2sc(N3C4CCCC3COC4)nc12)NCCOCCOCCOCCC(=O)Nc1ccc(C2CCC(=O)NC2=O)cc1. The molecule has 3 saturated heterocycles. The first-order valence-corrected chi connectivity index (χ1v) is 18.5. The molecule has 2 aromatic carbocycles. The van der Waals surface area contributed by atoms with Crippen LogP contribution in [0.2, 0.25) is 0 Å². The summed E-state index contributed by atoms with van der Waals surface area (Å²) in [7, 11) is 0. The van der Waals surface area contributed by atoms with Crippen LogP contribution in [0.4, 0.5) is 15.2 Å². The number of fused-ring (bicyclic) bond motifs is 3. The second kappa shape index (κ2) is 18.5. The number of carbonyl (C=O) groups excluding carboxylic acids is 4. The van der Waals surface area contributed by atoms with Gasteiger partial charge < -0.3 is 39.2 Å². The van der Waals surface area contributed by atoms with E-state index in [4.69, 9.17) is 28.7 Å². The summed E-state index contributed by atoms with van der Waals surface area (Å²) in [6.45, 7) is 3.02. The molecule has 0 saturated carbocycles. The smallest absolute Gasteiger partial charge is 0.258 e. The lowest BCUT2D eigenvalue weighted by Crippen LogP contribution is -2.55. The molecule has 3 fully saturated rings. The molecule has 2 bridgehead atoms. The molecule has 0 radical (unpaired) electrons. The molecule has 0 aliphatic carbocycles. The third kappa shape index (κ3) is 10.0. The summed E-state index contributed by atoms with van der Waals surface area (Å²) in [5.41, 5.74) is 1.82. The van der Waals surface area contributed by atoms with Gasteiger partial charge in [-0.1, -0.05) is 23.5 Å². The van der Waals surface area contributed by atoms with Crippen molar-refractivity contribution in [2.24, 2.45) is 0 Å². The summed E-state index contributed by atoms with van der Waals surface area (Å²) in [6, 6.07) is 10.6. The average Bonchev–Trinajstić information content (AvgIpc) is 3.56. The Morgan fingerprint density at radius 3 is 2.37 bits per heavy atom. The third-order valence-corrected chi connectivity index (χ3v) is 10.2. The van der Waals surface area contributed by atoms with Crippen molar-refractivity contribution in [3.63, 3.8) is 0 Å². The Hall–Kier alpha value is -4.22. The van der Waals surface area contributed by atoms with Crippen LogP contribution in [0.1, 0.15) is 50.0 Å². The van der Waals surface area contributed by atoms with E-state index >= 15 is 0 Å². The predicted molar refractivity (Wildman–Crippen MR) is 190 cm³/mol. The molecule has 14 nitrogen and oxygen atoms in total. The maximum absolute atomic E-state index is 14.8. The monoisotopic (exact) mass is 741 g/mol. The average molecular weight is 742 g/mol. The third-order valence-electron chi connectivity index (χ3n) is 9.13. The number of aromatic nitrogens is 1. The summed E-state index contributed by atoms with van der Waals surface area (Å²) < 4.78 is 43.4. The molecule has 280 valence electrons. The molecule has 1 aromatic heterocycles. The van der Waals surface area contributed by atoms with Gasteiger partial charge in [-0.3, -0.25) is 24.5 Å². The van der Waals surface area contributed by atoms with Crippen molar-refractivity contribution in [1.29, 1.82) is 0 Å². The van der Waals surface area contributed by atoms with Crippen LogP contribution >= 0.6 is 11.3 Å². The highest BCUT2D eigenvalue weighted by molar-refractivity contribution is 7.22. The Bertz CT molecular complexity index is 1690. The van der Waals surface area contributed by atoms with Crippen LogP contribution in [0.25, 0.3) is 10.2 Å². The van der Waals surface area contributed by atoms with E-state index in [1.165, 1.54) is 17.4 Å². The molecule has 6 rings (SSSR count). The van der Waals surface area contributed by atoms with Gasteiger partial charge in [-0.15, -0.1) is 0 Å². The fourth-order valence-corrected chi connectivity index (χ4v) is 7.63. The number of rotatable bonds is 18. The highest BCUT2D eigenvalue weighted by Gasteiger charge is 2.36. The lowest BCUT2D eigenvalue weighted by Gasteiger charge is -2.45. The minimum Gasteiger partial charge on any atom is -0.478 e. The van der Waals surface area contributed by atoms with E-state index in [0.29, 0.717) is 63.7 Å².